The highest BCUT2D eigenvalue weighted by Crippen LogP contribution is 2.21. The van der Waals surface area contributed by atoms with Crippen LogP contribution in [0.1, 0.15) is 24.0 Å². The summed E-state index contributed by atoms with van der Waals surface area (Å²) in [4.78, 5) is 16.9. The average Bonchev–Trinajstić information content (AvgIpc) is 2.84. The van der Waals surface area contributed by atoms with Crippen LogP contribution in [0.25, 0.3) is 6.08 Å². The molecule has 0 aromatic heterocycles. The van der Waals surface area contributed by atoms with E-state index < -0.39 is 0 Å². The lowest BCUT2D eigenvalue weighted by Crippen LogP contribution is -2.41. The molecule has 0 N–H and O–H groups in total. The molecule has 1 amide bonds. The largest absolute Gasteiger partial charge is 0.497 e. The summed E-state index contributed by atoms with van der Waals surface area (Å²) in [7, 11) is 1.64. The van der Waals surface area contributed by atoms with Crippen molar-refractivity contribution in [2.75, 3.05) is 46.5 Å². The van der Waals surface area contributed by atoms with Gasteiger partial charge in [-0.3, -0.25) is 9.69 Å². The molecule has 6 nitrogen and oxygen atoms in total. The minimum atomic E-state index is 0.0479. The van der Waals surface area contributed by atoms with Gasteiger partial charge in [-0.25, -0.2) is 0 Å². The number of hydrogen-bond donors (Lipinski definition) is 0. The van der Waals surface area contributed by atoms with Crippen LogP contribution in [-0.4, -0.2) is 68.3 Å². The van der Waals surface area contributed by atoms with Crippen LogP contribution in [-0.2, 0) is 16.1 Å². The van der Waals surface area contributed by atoms with Gasteiger partial charge in [0.1, 0.15) is 17.6 Å². The zero-order valence-corrected chi connectivity index (χ0v) is 18.7. The van der Waals surface area contributed by atoms with E-state index in [1.54, 1.807) is 13.2 Å². The van der Waals surface area contributed by atoms with Crippen LogP contribution < -0.4 is 9.47 Å². The molecule has 2 aliphatic rings. The van der Waals surface area contributed by atoms with Gasteiger partial charge >= 0.3 is 0 Å². The van der Waals surface area contributed by atoms with Gasteiger partial charge in [-0.05, 0) is 41.5 Å². The van der Waals surface area contributed by atoms with E-state index in [4.69, 9.17) is 14.2 Å². The van der Waals surface area contributed by atoms with Crippen LogP contribution in [0.15, 0.2) is 54.6 Å². The molecule has 0 radical (unpaired) electrons. The van der Waals surface area contributed by atoms with Gasteiger partial charge in [0.15, 0.2) is 0 Å². The number of carbonyl (C=O) groups is 1. The van der Waals surface area contributed by atoms with Crippen LogP contribution >= 0.6 is 0 Å². The molecule has 32 heavy (non-hydrogen) atoms. The maximum absolute atomic E-state index is 12.6. The Morgan fingerprint density at radius 2 is 1.78 bits per heavy atom. The Morgan fingerprint density at radius 1 is 1.03 bits per heavy atom. The lowest BCUT2D eigenvalue weighted by molar-refractivity contribution is -0.127. The second-order valence-corrected chi connectivity index (χ2v) is 8.28. The van der Waals surface area contributed by atoms with E-state index in [2.05, 4.69) is 23.1 Å². The van der Waals surface area contributed by atoms with Gasteiger partial charge in [-0.15, -0.1) is 0 Å². The molecule has 0 unspecified atom stereocenters. The number of likely N-dealkylation sites (tertiary alicyclic amines) is 1. The first kappa shape index (κ1) is 22.4. The average molecular weight is 437 g/mol. The summed E-state index contributed by atoms with van der Waals surface area (Å²) in [5.74, 6) is 1.77. The number of ether oxygens (including phenoxy) is 3. The number of amides is 1. The van der Waals surface area contributed by atoms with Gasteiger partial charge in [-0.2, -0.15) is 0 Å². The van der Waals surface area contributed by atoms with Crippen molar-refractivity contribution in [2.45, 2.75) is 25.5 Å². The van der Waals surface area contributed by atoms with Crippen molar-refractivity contribution in [1.29, 1.82) is 0 Å². The molecule has 4 rings (SSSR count). The fourth-order valence-corrected chi connectivity index (χ4v) is 4.11. The minimum Gasteiger partial charge on any atom is -0.497 e. The number of morpholine rings is 1. The first-order valence-corrected chi connectivity index (χ1v) is 11.4. The van der Waals surface area contributed by atoms with Crippen molar-refractivity contribution in [2.24, 2.45) is 0 Å². The first-order chi connectivity index (χ1) is 15.7. The molecule has 2 aromatic rings. The van der Waals surface area contributed by atoms with E-state index >= 15 is 0 Å². The van der Waals surface area contributed by atoms with Gasteiger partial charge in [0.05, 0.1) is 20.3 Å². The van der Waals surface area contributed by atoms with Gasteiger partial charge in [0.25, 0.3) is 0 Å². The lowest BCUT2D eigenvalue weighted by Gasteiger charge is -2.31. The summed E-state index contributed by atoms with van der Waals surface area (Å²) >= 11 is 0. The lowest BCUT2D eigenvalue weighted by atomic mass is 10.1. The van der Waals surface area contributed by atoms with Crippen LogP contribution in [0.5, 0.6) is 11.5 Å². The molecule has 0 bridgehead atoms. The Kier molecular flexibility index (Phi) is 7.80. The van der Waals surface area contributed by atoms with E-state index in [-0.39, 0.29) is 12.0 Å². The normalized spacial score (nSPS) is 18.1. The zero-order chi connectivity index (χ0) is 22.2. The summed E-state index contributed by atoms with van der Waals surface area (Å²) in [5.41, 5.74) is 2.25. The Balaban J connectivity index is 1.24. The Hall–Kier alpha value is -2.83. The molecule has 0 spiro atoms. The Bertz CT molecular complexity index is 898. The predicted molar refractivity (Wildman–Crippen MR) is 125 cm³/mol. The SMILES string of the molecule is COc1ccc(/C=C/C(=O)N2CCC(Oc3cccc(CN4CCOCC4)c3)CC2)cc1. The molecule has 6 heteroatoms. The third kappa shape index (κ3) is 6.34. The maximum Gasteiger partial charge on any atom is 0.246 e. The summed E-state index contributed by atoms with van der Waals surface area (Å²) in [6.07, 6.45) is 5.33. The molecule has 2 saturated heterocycles. The number of hydrogen-bond acceptors (Lipinski definition) is 5. The van der Waals surface area contributed by atoms with Crippen molar-refractivity contribution in [3.05, 3.63) is 65.7 Å². The van der Waals surface area contributed by atoms with E-state index in [0.29, 0.717) is 13.1 Å². The second-order valence-electron chi connectivity index (χ2n) is 8.28. The summed E-state index contributed by atoms with van der Waals surface area (Å²) in [6.45, 7) is 5.92. The van der Waals surface area contributed by atoms with Crippen LogP contribution in [0.4, 0.5) is 0 Å². The van der Waals surface area contributed by atoms with Crippen molar-refractivity contribution in [3.63, 3.8) is 0 Å². The van der Waals surface area contributed by atoms with Gasteiger partial charge in [-0.1, -0.05) is 24.3 Å². The van der Waals surface area contributed by atoms with Gasteiger partial charge in [0, 0.05) is 51.6 Å². The third-order valence-electron chi connectivity index (χ3n) is 6.00. The molecular weight excluding hydrogens is 404 g/mol. The van der Waals surface area contributed by atoms with Gasteiger partial charge in [0.2, 0.25) is 5.91 Å². The molecule has 2 aromatic carbocycles. The third-order valence-corrected chi connectivity index (χ3v) is 6.00. The van der Waals surface area contributed by atoms with Crippen molar-refractivity contribution in [3.8, 4) is 11.5 Å². The zero-order valence-electron chi connectivity index (χ0n) is 18.7. The van der Waals surface area contributed by atoms with Crippen molar-refractivity contribution < 1.29 is 19.0 Å². The standard InChI is InChI=1S/C26H32N2O4/c1-30-23-8-5-21(6-9-23)7-10-26(29)28-13-11-24(12-14-28)32-25-4-2-3-22(19-25)20-27-15-17-31-18-16-27/h2-10,19,24H,11-18,20H2,1H3/b10-7+. The summed E-state index contributed by atoms with van der Waals surface area (Å²) in [6, 6.07) is 16.0. The molecule has 0 saturated carbocycles. The highest BCUT2D eigenvalue weighted by atomic mass is 16.5. The van der Waals surface area contributed by atoms with Crippen LogP contribution in [0, 0.1) is 0 Å². The molecule has 2 heterocycles. The predicted octanol–water partition coefficient (Wildman–Crippen LogP) is 3.61. The fraction of sp³-hybridized carbons (Fsp3) is 0.423. The topological polar surface area (TPSA) is 51.2 Å². The number of carbonyl (C=O) groups excluding carboxylic acids is 1. The monoisotopic (exact) mass is 436 g/mol. The second kappa shape index (κ2) is 11.2. The number of piperidine rings is 1. The number of rotatable bonds is 7. The van der Waals surface area contributed by atoms with Crippen molar-refractivity contribution >= 4 is 12.0 Å². The van der Waals surface area contributed by atoms with E-state index in [1.807, 2.05) is 41.3 Å². The van der Waals surface area contributed by atoms with Crippen LogP contribution in [0.3, 0.4) is 0 Å². The fourth-order valence-electron chi connectivity index (χ4n) is 4.11. The van der Waals surface area contributed by atoms with E-state index in [9.17, 15) is 4.79 Å². The number of benzene rings is 2. The quantitative estimate of drug-likeness (QED) is 0.621. The molecule has 0 aliphatic carbocycles. The van der Waals surface area contributed by atoms with E-state index in [1.165, 1.54) is 5.56 Å². The van der Waals surface area contributed by atoms with E-state index in [0.717, 1.165) is 62.8 Å². The molecule has 2 aliphatic heterocycles. The first-order valence-electron chi connectivity index (χ1n) is 11.4. The van der Waals surface area contributed by atoms with Gasteiger partial charge < -0.3 is 19.1 Å². The highest BCUT2D eigenvalue weighted by Gasteiger charge is 2.23. The summed E-state index contributed by atoms with van der Waals surface area (Å²) in [5, 5.41) is 0. The smallest absolute Gasteiger partial charge is 0.246 e. The summed E-state index contributed by atoms with van der Waals surface area (Å²) < 4.78 is 16.8. The number of nitrogens with zero attached hydrogens (tertiary/aromatic N) is 2. The molecule has 0 atom stereocenters. The van der Waals surface area contributed by atoms with Crippen LogP contribution in [0.2, 0.25) is 0 Å². The van der Waals surface area contributed by atoms with Crippen molar-refractivity contribution in [1.82, 2.24) is 9.80 Å². The molecule has 2 fully saturated rings. The Morgan fingerprint density at radius 3 is 2.50 bits per heavy atom. The molecule has 170 valence electrons. The molecular formula is C26H32N2O4. The maximum atomic E-state index is 12.6. The number of methoxy groups -OCH3 is 1. The highest BCUT2D eigenvalue weighted by molar-refractivity contribution is 5.91. The Labute approximate surface area is 190 Å². The minimum absolute atomic E-state index is 0.0479.